The van der Waals surface area contributed by atoms with Gasteiger partial charge in [0.25, 0.3) is 5.91 Å². The van der Waals surface area contributed by atoms with Crippen LogP contribution in [0.2, 0.25) is 0 Å². The van der Waals surface area contributed by atoms with E-state index in [1.165, 1.54) is 0 Å². The first-order valence-corrected chi connectivity index (χ1v) is 8.73. The lowest BCUT2D eigenvalue weighted by molar-refractivity contribution is 0.0949. The molecular weight excluding hydrogens is 346 g/mol. The number of carbonyl (C=O) groups is 1. The van der Waals surface area contributed by atoms with Gasteiger partial charge in [0.15, 0.2) is 17.3 Å². The lowest BCUT2D eigenvalue weighted by atomic mass is 10.2. The zero-order valence-corrected chi connectivity index (χ0v) is 15.3. The van der Waals surface area contributed by atoms with Gasteiger partial charge in [0.2, 0.25) is 0 Å². The van der Waals surface area contributed by atoms with Gasteiger partial charge in [-0.1, -0.05) is 18.2 Å². The highest BCUT2D eigenvalue weighted by Crippen LogP contribution is 2.28. The highest BCUT2D eigenvalue weighted by molar-refractivity contribution is 5.94. The van der Waals surface area contributed by atoms with Crippen molar-refractivity contribution < 1.29 is 14.3 Å². The van der Waals surface area contributed by atoms with E-state index in [4.69, 9.17) is 9.47 Å². The molecule has 1 heterocycles. The van der Waals surface area contributed by atoms with Crippen LogP contribution in [-0.2, 0) is 6.54 Å². The highest BCUT2D eigenvalue weighted by Gasteiger charge is 2.14. The Morgan fingerprint density at radius 3 is 2.52 bits per heavy atom. The molecule has 0 aliphatic carbocycles. The minimum Gasteiger partial charge on any atom is -0.490 e. The van der Waals surface area contributed by atoms with E-state index < -0.39 is 0 Å². The number of amides is 1. The van der Waals surface area contributed by atoms with Crippen LogP contribution in [0.15, 0.2) is 48.5 Å². The van der Waals surface area contributed by atoms with Crippen molar-refractivity contribution in [1.82, 2.24) is 25.5 Å². The minimum atomic E-state index is -0.249. The van der Waals surface area contributed by atoms with E-state index in [1.54, 1.807) is 22.9 Å². The Morgan fingerprint density at radius 1 is 1.04 bits per heavy atom. The van der Waals surface area contributed by atoms with Gasteiger partial charge in [0.1, 0.15) is 0 Å². The molecule has 0 atom stereocenters. The summed E-state index contributed by atoms with van der Waals surface area (Å²) in [6.07, 6.45) is 0. The van der Waals surface area contributed by atoms with Crippen molar-refractivity contribution in [2.75, 3.05) is 13.2 Å². The number of benzene rings is 2. The van der Waals surface area contributed by atoms with Crippen LogP contribution in [0, 0.1) is 0 Å². The maximum atomic E-state index is 12.5. The molecule has 0 radical (unpaired) electrons. The summed E-state index contributed by atoms with van der Waals surface area (Å²) < 4.78 is 12.7. The van der Waals surface area contributed by atoms with Gasteiger partial charge in [-0.25, -0.2) is 0 Å². The Bertz CT molecular complexity index is 895. The molecule has 2 aromatic carbocycles. The maximum Gasteiger partial charge on any atom is 0.251 e. The average Bonchev–Trinajstić information content (AvgIpc) is 3.17. The summed E-state index contributed by atoms with van der Waals surface area (Å²) in [5, 5.41) is 14.5. The summed E-state index contributed by atoms with van der Waals surface area (Å²) in [7, 11) is 0. The Balaban J connectivity index is 1.72. The molecule has 0 unspecified atom stereocenters. The lowest BCUT2D eigenvalue weighted by Crippen LogP contribution is -2.24. The number of aromatic nitrogens is 4. The second-order valence-electron chi connectivity index (χ2n) is 5.55. The third kappa shape index (κ3) is 4.41. The molecule has 3 rings (SSSR count). The third-order valence-corrected chi connectivity index (χ3v) is 3.75. The smallest absolute Gasteiger partial charge is 0.251 e. The van der Waals surface area contributed by atoms with E-state index in [9.17, 15) is 4.79 Å². The Kier molecular flexibility index (Phi) is 5.98. The third-order valence-electron chi connectivity index (χ3n) is 3.75. The first-order valence-electron chi connectivity index (χ1n) is 8.73. The number of tetrazole rings is 1. The minimum absolute atomic E-state index is 0.192. The number of nitrogens with one attached hydrogen (secondary N) is 1. The molecule has 0 aliphatic heterocycles. The number of hydrogen-bond donors (Lipinski definition) is 1. The largest absolute Gasteiger partial charge is 0.490 e. The van der Waals surface area contributed by atoms with Crippen molar-refractivity contribution in [3.63, 3.8) is 0 Å². The van der Waals surface area contributed by atoms with Gasteiger partial charge in [-0.15, -0.1) is 5.10 Å². The normalized spacial score (nSPS) is 10.4. The van der Waals surface area contributed by atoms with Crippen molar-refractivity contribution >= 4 is 5.91 Å². The van der Waals surface area contributed by atoms with Crippen molar-refractivity contribution in [1.29, 1.82) is 0 Å². The molecule has 0 fully saturated rings. The van der Waals surface area contributed by atoms with Crippen molar-refractivity contribution in [2.24, 2.45) is 0 Å². The lowest BCUT2D eigenvalue weighted by Gasteiger charge is -2.12. The van der Waals surface area contributed by atoms with Crippen LogP contribution in [0.4, 0.5) is 0 Å². The van der Waals surface area contributed by atoms with Crippen LogP contribution in [0.3, 0.4) is 0 Å². The van der Waals surface area contributed by atoms with Gasteiger partial charge in [0, 0.05) is 5.56 Å². The number of ether oxygens (including phenoxy) is 2. The van der Waals surface area contributed by atoms with Gasteiger partial charge in [0.05, 0.1) is 25.4 Å². The number of hydrogen-bond acceptors (Lipinski definition) is 6. The number of nitrogens with zero attached hydrogens (tertiary/aromatic N) is 4. The van der Waals surface area contributed by atoms with Crippen molar-refractivity contribution in [2.45, 2.75) is 20.4 Å². The molecule has 8 nitrogen and oxygen atoms in total. The van der Waals surface area contributed by atoms with E-state index in [2.05, 4.69) is 20.8 Å². The van der Waals surface area contributed by atoms with Crippen LogP contribution in [0.25, 0.3) is 5.69 Å². The standard InChI is InChI=1S/C19H21N5O3/c1-3-26-16-11-10-14(12-17(16)27-4-2)19(25)20-13-18-21-22-23-24(18)15-8-6-5-7-9-15/h5-12H,3-4,13H2,1-2H3,(H,20,25). The Morgan fingerprint density at radius 2 is 1.78 bits per heavy atom. The predicted octanol–water partition coefficient (Wildman–Crippen LogP) is 2.39. The SMILES string of the molecule is CCOc1ccc(C(=O)NCc2nnnn2-c2ccccc2)cc1OCC. The molecule has 3 aromatic rings. The van der Waals surface area contributed by atoms with Crippen LogP contribution >= 0.6 is 0 Å². The molecule has 1 aromatic heterocycles. The first-order chi connectivity index (χ1) is 13.2. The molecule has 1 N–H and O–H groups in total. The van der Waals surface area contributed by atoms with E-state index >= 15 is 0 Å². The number of para-hydroxylation sites is 1. The Hall–Kier alpha value is -3.42. The molecule has 0 saturated heterocycles. The van der Waals surface area contributed by atoms with E-state index in [0.717, 1.165) is 5.69 Å². The topological polar surface area (TPSA) is 91.2 Å². The fourth-order valence-corrected chi connectivity index (χ4v) is 2.54. The van der Waals surface area contributed by atoms with Gasteiger partial charge < -0.3 is 14.8 Å². The second-order valence-corrected chi connectivity index (χ2v) is 5.55. The summed E-state index contributed by atoms with van der Waals surface area (Å²) in [6.45, 7) is 4.97. The van der Waals surface area contributed by atoms with Crippen molar-refractivity contribution in [3.8, 4) is 17.2 Å². The summed E-state index contributed by atoms with van der Waals surface area (Å²) >= 11 is 0. The van der Waals surface area contributed by atoms with E-state index in [1.807, 2.05) is 44.2 Å². The summed E-state index contributed by atoms with van der Waals surface area (Å²) in [6, 6.07) is 14.6. The summed E-state index contributed by atoms with van der Waals surface area (Å²) in [4.78, 5) is 12.5. The summed E-state index contributed by atoms with van der Waals surface area (Å²) in [5.74, 6) is 1.44. The quantitative estimate of drug-likeness (QED) is 0.657. The molecule has 0 bridgehead atoms. The van der Waals surface area contributed by atoms with Gasteiger partial charge in [-0.3, -0.25) is 4.79 Å². The van der Waals surface area contributed by atoms with Crippen LogP contribution in [0.1, 0.15) is 30.0 Å². The average molecular weight is 367 g/mol. The summed E-state index contributed by atoms with van der Waals surface area (Å²) in [5.41, 5.74) is 1.30. The molecule has 0 saturated carbocycles. The van der Waals surface area contributed by atoms with Gasteiger partial charge in [-0.05, 0) is 54.6 Å². The van der Waals surface area contributed by atoms with Crippen LogP contribution in [-0.4, -0.2) is 39.3 Å². The van der Waals surface area contributed by atoms with E-state index in [0.29, 0.717) is 36.1 Å². The second kappa shape index (κ2) is 8.79. The van der Waals surface area contributed by atoms with Crippen LogP contribution in [0.5, 0.6) is 11.5 Å². The monoisotopic (exact) mass is 367 g/mol. The van der Waals surface area contributed by atoms with Crippen LogP contribution < -0.4 is 14.8 Å². The maximum absolute atomic E-state index is 12.5. The first kappa shape index (κ1) is 18.4. The predicted molar refractivity (Wildman–Crippen MR) is 99.1 cm³/mol. The van der Waals surface area contributed by atoms with Gasteiger partial charge in [-0.2, -0.15) is 4.68 Å². The molecule has 8 heteroatoms. The fourth-order valence-electron chi connectivity index (χ4n) is 2.54. The van der Waals surface area contributed by atoms with Gasteiger partial charge >= 0.3 is 0 Å². The zero-order chi connectivity index (χ0) is 19.1. The molecule has 0 spiro atoms. The van der Waals surface area contributed by atoms with E-state index in [-0.39, 0.29) is 12.5 Å². The highest BCUT2D eigenvalue weighted by atomic mass is 16.5. The fraction of sp³-hybridized carbons (Fsp3) is 0.263. The molecule has 27 heavy (non-hydrogen) atoms. The van der Waals surface area contributed by atoms with Crippen molar-refractivity contribution in [3.05, 3.63) is 59.9 Å². The number of carbonyl (C=O) groups excluding carboxylic acids is 1. The number of rotatable bonds is 8. The Labute approximate surface area is 157 Å². The molecule has 140 valence electrons. The molecule has 0 aliphatic rings. The molecule has 1 amide bonds. The molecular formula is C19H21N5O3. The zero-order valence-electron chi connectivity index (χ0n) is 15.3.